The van der Waals surface area contributed by atoms with Gasteiger partial charge in [-0.2, -0.15) is 0 Å². The molecule has 4 aromatic carbocycles. The Balaban J connectivity index is 0.000000310. The highest BCUT2D eigenvalue weighted by Gasteiger charge is 2.34. The maximum atomic E-state index is 13.5. The quantitative estimate of drug-likeness (QED) is 0.0137. The number of esters is 6. The average molecular weight is 1830 g/mol. The number of carbonyl (C=O) groups is 6. The molecule has 0 aliphatic carbocycles. The Hall–Kier alpha value is -8.62. The van der Waals surface area contributed by atoms with Crippen LogP contribution in [0.5, 0.6) is 23.0 Å². The van der Waals surface area contributed by atoms with Crippen molar-refractivity contribution in [1.29, 1.82) is 0 Å². The molecule has 0 unspecified atom stereocenters. The highest BCUT2D eigenvalue weighted by atomic mass is 16.7. The Morgan fingerprint density at radius 2 is 0.600 bits per heavy atom. The number of methoxy groups -OCH3 is 8. The van der Waals surface area contributed by atoms with E-state index in [1.165, 1.54) is 47.0 Å². The minimum Gasteiger partial charge on any atom is -0.496 e. The van der Waals surface area contributed by atoms with Gasteiger partial charge in [-0.05, 0) is 134 Å². The molecule has 4 aliphatic heterocycles. The predicted molar refractivity (Wildman–Crippen MR) is 494 cm³/mol. The smallest absolute Gasteiger partial charge is 0.342 e. The number of ether oxygens (including phenoxy) is 20. The van der Waals surface area contributed by atoms with Crippen LogP contribution in [-0.2, 0) is 111 Å². The zero-order valence-corrected chi connectivity index (χ0v) is 79.9. The molecule has 28 heteroatoms. The molecular weight excluding hydrogens is 1670 g/mol. The van der Waals surface area contributed by atoms with Crippen molar-refractivity contribution in [1.82, 2.24) is 0 Å². The summed E-state index contributed by atoms with van der Waals surface area (Å²) in [6.45, 7) is 13.7. The van der Waals surface area contributed by atoms with E-state index >= 15 is 0 Å². The molecule has 0 radical (unpaired) electrons. The number of rotatable bonds is 42. The Morgan fingerprint density at radius 3 is 0.862 bits per heavy atom. The Morgan fingerprint density at radius 1 is 0.338 bits per heavy atom. The summed E-state index contributed by atoms with van der Waals surface area (Å²) >= 11 is 0. The predicted octanol–water partition coefficient (Wildman–Crippen LogP) is 18.3. The summed E-state index contributed by atoms with van der Waals surface area (Å²) in [7, 11) is 12.5. The third-order valence-corrected chi connectivity index (χ3v) is 22.9. The van der Waals surface area contributed by atoms with E-state index in [4.69, 9.17) is 94.7 Å². The molecule has 0 aromatic heterocycles. The second-order valence-corrected chi connectivity index (χ2v) is 33.1. The second-order valence-electron chi connectivity index (χ2n) is 33.1. The summed E-state index contributed by atoms with van der Waals surface area (Å²) in [5, 5.41) is 18.9. The molecule has 2 N–H and O–H groups in total. The molecule has 0 bridgehead atoms. The molecule has 12 atom stereocenters. The van der Waals surface area contributed by atoms with Crippen molar-refractivity contribution in [2.75, 3.05) is 124 Å². The van der Waals surface area contributed by atoms with Gasteiger partial charge in [0.2, 0.25) is 0 Å². The Kier molecular flexibility index (Phi) is 58.1. The van der Waals surface area contributed by atoms with Crippen LogP contribution in [0.1, 0.15) is 259 Å². The summed E-state index contributed by atoms with van der Waals surface area (Å²) in [6.07, 6.45) is 34.6. The zero-order valence-electron chi connectivity index (χ0n) is 79.9. The highest BCUT2D eigenvalue weighted by Crippen LogP contribution is 2.35. The van der Waals surface area contributed by atoms with Gasteiger partial charge in [0.1, 0.15) is 96.8 Å². The van der Waals surface area contributed by atoms with Crippen LogP contribution in [0.3, 0.4) is 0 Å². The molecule has 0 amide bonds. The highest BCUT2D eigenvalue weighted by molar-refractivity contribution is 5.96. The molecule has 0 saturated heterocycles. The van der Waals surface area contributed by atoms with E-state index in [2.05, 4.69) is 84.1 Å². The van der Waals surface area contributed by atoms with Gasteiger partial charge in [0.25, 0.3) is 0 Å². The maximum Gasteiger partial charge on any atom is 0.342 e. The molecular formula is C102H152O28. The van der Waals surface area contributed by atoms with E-state index < -0.39 is 48.3 Å². The maximum absolute atomic E-state index is 13.5. The van der Waals surface area contributed by atoms with E-state index in [1.807, 2.05) is 54.6 Å². The van der Waals surface area contributed by atoms with Crippen LogP contribution in [0.25, 0.3) is 0 Å². The first-order valence-electron chi connectivity index (χ1n) is 46.4. The van der Waals surface area contributed by atoms with Gasteiger partial charge in [0, 0.05) is 120 Å². The molecule has 0 saturated carbocycles. The number of benzene rings is 4. The molecule has 4 aliphatic rings. The molecule has 0 fully saturated rings. The van der Waals surface area contributed by atoms with Crippen LogP contribution in [0, 0.1) is 23.7 Å². The lowest BCUT2D eigenvalue weighted by atomic mass is 9.93. The number of carbonyl (C=O) groups excluding carboxylic acids is 6. The van der Waals surface area contributed by atoms with Crippen molar-refractivity contribution in [2.24, 2.45) is 23.7 Å². The number of allylic oxidation sites excluding steroid dienone is 8. The van der Waals surface area contributed by atoms with Crippen molar-refractivity contribution >= 4 is 35.8 Å². The molecule has 4 heterocycles. The van der Waals surface area contributed by atoms with E-state index in [9.17, 15) is 39.0 Å². The van der Waals surface area contributed by atoms with Crippen molar-refractivity contribution in [3.05, 3.63) is 166 Å². The van der Waals surface area contributed by atoms with Crippen LogP contribution >= 0.6 is 0 Å². The Labute approximate surface area is 772 Å². The van der Waals surface area contributed by atoms with Crippen molar-refractivity contribution < 1.29 is 134 Å². The number of aliphatic hydroxyl groups excluding tert-OH is 2. The van der Waals surface area contributed by atoms with Gasteiger partial charge in [0.05, 0.1) is 51.8 Å². The monoisotopic (exact) mass is 1830 g/mol. The van der Waals surface area contributed by atoms with E-state index in [1.54, 1.807) is 59.8 Å². The minimum atomic E-state index is -0.518. The van der Waals surface area contributed by atoms with Gasteiger partial charge >= 0.3 is 35.8 Å². The van der Waals surface area contributed by atoms with Crippen LogP contribution in [0.4, 0.5) is 0 Å². The average Bonchev–Trinajstić information content (AvgIpc) is 0.837. The SMILES string of the molecule is CCCCCCCC(=O)OCC[C@@H]1C[C@H](OCOC)[C@H](C)C/C=C/Cc2cccc(OCOC)c2C(=O)O1.CCCCCCCC(=O)OCC[C@H]1C[C@@H](OCOC)[C@@H](C)C/C=C/Cc2cccc(OC)c2C(=O)O1.COCO[C@@H]1C[C@H](CCO)OC(=O)c2c(cccc2OC)C/C=C/C[C@@H]1C.COCOc1cccc2c1C(=O)O[C@H](CCO)C[C@H](OCOC)[C@H](C)C/C=C/C2. The van der Waals surface area contributed by atoms with E-state index in [0.717, 1.165) is 86.5 Å². The summed E-state index contributed by atoms with van der Waals surface area (Å²) < 4.78 is 111. The lowest BCUT2D eigenvalue weighted by Crippen LogP contribution is -2.32. The van der Waals surface area contributed by atoms with Gasteiger partial charge in [0.15, 0.2) is 13.6 Å². The van der Waals surface area contributed by atoms with Crippen LogP contribution in [0.2, 0.25) is 0 Å². The largest absolute Gasteiger partial charge is 0.496 e. The number of hydrogen-bond acceptors (Lipinski definition) is 28. The third-order valence-electron chi connectivity index (χ3n) is 22.9. The molecule has 4 aromatic rings. The number of fused-ring (bicyclic) bond motifs is 4. The fraction of sp³-hybridized carbons (Fsp3) is 0.627. The van der Waals surface area contributed by atoms with Gasteiger partial charge in [-0.3, -0.25) is 9.59 Å². The van der Waals surface area contributed by atoms with Gasteiger partial charge in [-0.25, -0.2) is 19.2 Å². The first-order valence-corrected chi connectivity index (χ1v) is 46.4. The van der Waals surface area contributed by atoms with Gasteiger partial charge in [-0.15, -0.1) is 0 Å². The third kappa shape index (κ3) is 42.1. The fourth-order valence-electron chi connectivity index (χ4n) is 15.5. The van der Waals surface area contributed by atoms with E-state index in [0.29, 0.717) is 135 Å². The summed E-state index contributed by atoms with van der Waals surface area (Å²) in [6, 6.07) is 22.0. The Bertz CT molecular complexity index is 3950. The van der Waals surface area contributed by atoms with Crippen LogP contribution in [-0.4, -0.2) is 219 Å². The van der Waals surface area contributed by atoms with E-state index in [-0.39, 0.29) is 127 Å². The topological polar surface area (TPSA) is 327 Å². The normalized spacial score (nSPS) is 22.6. The van der Waals surface area contributed by atoms with Gasteiger partial charge < -0.3 is 105 Å². The lowest BCUT2D eigenvalue weighted by Gasteiger charge is -2.28. The first-order chi connectivity index (χ1) is 63.2. The number of hydrogen-bond donors (Lipinski definition) is 2. The van der Waals surface area contributed by atoms with Crippen LogP contribution < -0.4 is 18.9 Å². The van der Waals surface area contributed by atoms with Crippen LogP contribution in [0.15, 0.2) is 121 Å². The standard InChI is InChI=1S/C30H46O8.C29H44O7.C22H32O7.C21H30O6/c1-5-6-7-8-9-17-28(31)35-19-18-25-20-27(37-22-34-4)23(2)13-10-11-14-24-15-12-16-26(36-21-33-3)29(24)30(32)38-25;1-5-6-7-8-9-17-27(30)34-19-18-24-20-26(35-21-32-3)22(2)13-10-11-14-23-15-12-16-25(33-4)28(23)29(31)36-24;1-16-7-4-5-8-17-9-6-10-19(27-14-25-2)21(17)22(24)29-18(11-12-23)13-20(16)28-15-26-3;1-15-7-4-5-8-16-9-6-10-18(25-3)20(16)21(23)27-17(11-12-22)13-19(15)26-14-24-2/h10-12,15-16,23,25,27H,5-9,13-14,17-22H2,1-4H3;10-12,15-16,22,24,26H,5-9,13-14,17-21H2,1-4H3;4-6,9-10,16,18,20,23H,7-8,11-15H2,1-3H3;4-6,9-10,15,17,19,22H,7-8,11-14H2,1-3H3/b2*11-10+;2*5-4+/t23-,25-,27+;22-,24-,26+;16-,18-,20+;15-,17-,19+/m1010/s1. The molecule has 0 spiro atoms. The summed E-state index contributed by atoms with van der Waals surface area (Å²) in [5.41, 5.74) is 4.99. The van der Waals surface area contributed by atoms with Crippen molar-refractivity contribution in [3.8, 4) is 23.0 Å². The minimum absolute atomic E-state index is 0.0157. The van der Waals surface area contributed by atoms with Gasteiger partial charge in [-0.1, -0.05) is 190 Å². The fourth-order valence-corrected chi connectivity index (χ4v) is 15.5. The second kappa shape index (κ2) is 67.5. The number of aliphatic hydroxyl groups is 2. The molecule has 728 valence electrons. The molecule has 130 heavy (non-hydrogen) atoms. The zero-order chi connectivity index (χ0) is 94.5. The lowest BCUT2D eigenvalue weighted by molar-refractivity contribution is -0.146. The number of cyclic esters (lactones) is 4. The summed E-state index contributed by atoms with van der Waals surface area (Å²) in [5.74, 6) is 0.335. The molecule has 28 nitrogen and oxygen atoms in total. The van der Waals surface area contributed by atoms with Crippen molar-refractivity contribution in [2.45, 2.75) is 270 Å². The molecule has 8 rings (SSSR count). The summed E-state index contributed by atoms with van der Waals surface area (Å²) in [4.78, 5) is 77.3. The first kappa shape index (κ1) is 112. The van der Waals surface area contributed by atoms with Crippen molar-refractivity contribution in [3.63, 3.8) is 0 Å². The number of unbranched alkanes of at least 4 members (excludes halogenated alkanes) is 8.